The Kier molecular flexibility index (Phi) is 14.5. The molecule has 1 aromatic rings. The molecule has 0 saturated carbocycles. The van der Waals surface area contributed by atoms with Crippen molar-refractivity contribution in [2.45, 2.75) is 6.42 Å². The molecule has 0 bridgehead atoms. The molecule has 1 aromatic heterocycles. The van der Waals surface area contributed by atoms with E-state index in [0.29, 0.717) is 38.9 Å². The lowest BCUT2D eigenvalue weighted by Crippen LogP contribution is -2.40. The van der Waals surface area contributed by atoms with Gasteiger partial charge in [-0.2, -0.15) is 0 Å². The Hall–Kier alpha value is -0.840. The third-order valence-electron chi connectivity index (χ3n) is 2.58. The smallest absolute Gasteiger partial charge is 0.191 e. The minimum absolute atomic E-state index is 0. The molecular weight excluding hydrogens is 401 g/mol. The molecular formula is C14H26IN3O4. The number of furan rings is 1. The highest BCUT2D eigenvalue weighted by Gasteiger charge is 2.00. The summed E-state index contributed by atoms with van der Waals surface area (Å²) in [7, 11) is 1.66. The van der Waals surface area contributed by atoms with Crippen molar-refractivity contribution >= 4 is 29.9 Å². The van der Waals surface area contributed by atoms with E-state index in [2.05, 4.69) is 15.6 Å². The van der Waals surface area contributed by atoms with E-state index in [0.717, 1.165) is 18.7 Å². The number of halogens is 1. The number of nitrogens with zero attached hydrogens (tertiary/aromatic N) is 1. The van der Waals surface area contributed by atoms with Crippen LogP contribution >= 0.6 is 24.0 Å². The third-order valence-corrected chi connectivity index (χ3v) is 2.58. The molecule has 0 aliphatic heterocycles. The van der Waals surface area contributed by atoms with Gasteiger partial charge in [-0.05, 0) is 12.1 Å². The van der Waals surface area contributed by atoms with Crippen LogP contribution in [0.4, 0.5) is 0 Å². The van der Waals surface area contributed by atoms with Crippen LogP contribution in [0.3, 0.4) is 0 Å². The molecule has 0 aliphatic carbocycles. The Morgan fingerprint density at radius 1 is 1.27 bits per heavy atom. The van der Waals surface area contributed by atoms with Crippen LogP contribution in [0.25, 0.3) is 0 Å². The molecule has 0 spiro atoms. The van der Waals surface area contributed by atoms with Gasteiger partial charge in [0, 0.05) is 26.6 Å². The van der Waals surface area contributed by atoms with Gasteiger partial charge >= 0.3 is 0 Å². The van der Waals surface area contributed by atoms with Crippen molar-refractivity contribution in [2.75, 3.05) is 53.2 Å². The lowest BCUT2D eigenvalue weighted by atomic mass is 10.3. The summed E-state index contributed by atoms with van der Waals surface area (Å²) in [6, 6.07) is 3.82. The molecule has 8 heteroatoms. The van der Waals surface area contributed by atoms with Crippen LogP contribution in [0.2, 0.25) is 0 Å². The summed E-state index contributed by atoms with van der Waals surface area (Å²) in [6.45, 7) is 3.40. The van der Waals surface area contributed by atoms with Gasteiger partial charge in [0.1, 0.15) is 5.76 Å². The van der Waals surface area contributed by atoms with E-state index in [1.807, 2.05) is 12.1 Å². The largest absolute Gasteiger partial charge is 0.469 e. The van der Waals surface area contributed by atoms with E-state index in [4.69, 9.17) is 19.0 Å². The molecule has 22 heavy (non-hydrogen) atoms. The van der Waals surface area contributed by atoms with E-state index >= 15 is 0 Å². The molecule has 0 aliphatic rings. The van der Waals surface area contributed by atoms with Crippen LogP contribution in [-0.2, 0) is 15.9 Å². The maximum Gasteiger partial charge on any atom is 0.191 e. The first-order chi connectivity index (χ1) is 10.4. The lowest BCUT2D eigenvalue weighted by molar-refractivity contribution is 0.0977. The third kappa shape index (κ3) is 10.8. The van der Waals surface area contributed by atoms with Crippen LogP contribution in [-0.4, -0.2) is 64.2 Å². The molecule has 0 radical (unpaired) electrons. The summed E-state index contributed by atoms with van der Waals surface area (Å²) in [5, 5.41) is 15.0. The number of hydrogen-bond acceptors (Lipinski definition) is 5. The zero-order valence-electron chi connectivity index (χ0n) is 12.9. The summed E-state index contributed by atoms with van der Waals surface area (Å²) >= 11 is 0. The normalized spacial score (nSPS) is 11.1. The Morgan fingerprint density at radius 3 is 2.77 bits per heavy atom. The number of guanidine groups is 1. The van der Waals surface area contributed by atoms with Crippen molar-refractivity contribution in [1.29, 1.82) is 0 Å². The van der Waals surface area contributed by atoms with E-state index in [1.165, 1.54) is 0 Å². The van der Waals surface area contributed by atoms with Gasteiger partial charge in [0.05, 0.1) is 39.2 Å². The molecule has 1 heterocycles. The highest BCUT2D eigenvalue weighted by molar-refractivity contribution is 14.0. The average molecular weight is 427 g/mol. The van der Waals surface area contributed by atoms with Gasteiger partial charge in [0.25, 0.3) is 0 Å². The minimum atomic E-state index is 0. The van der Waals surface area contributed by atoms with Crippen LogP contribution in [0.15, 0.2) is 27.8 Å². The molecule has 3 N–H and O–H groups in total. The fourth-order valence-corrected chi connectivity index (χ4v) is 1.59. The second kappa shape index (κ2) is 15.1. The van der Waals surface area contributed by atoms with E-state index in [9.17, 15) is 0 Å². The molecule has 128 valence electrons. The first-order valence-electron chi connectivity index (χ1n) is 7.09. The standard InChI is InChI=1S/C14H25N3O4.HI/c1-19-10-6-16-14(17-7-11-20-12-8-18)15-5-4-13-3-2-9-21-13;/h2-3,9,18H,4-8,10-12H2,1H3,(H2,15,16,17);1H. The summed E-state index contributed by atoms with van der Waals surface area (Å²) < 4.78 is 15.4. The number of aliphatic hydroxyl groups is 1. The number of aliphatic imine (C=N–C) groups is 1. The monoisotopic (exact) mass is 427 g/mol. The lowest BCUT2D eigenvalue weighted by Gasteiger charge is -2.12. The molecule has 1 rings (SSSR count). The summed E-state index contributed by atoms with van der Waals surface area (Å²) in [4.78, 5) is 4.39. The second-order valence-electron chi connectivity index (χ2n) is 4.24. The number of rotatable bonds is 11. The van der Waals surface area contributed by atoms with Gasteiger partial charge in [0.2, 0.25) is 0 Å². The summed E-state index contributed by atoms with van der Waals surface area (Å²) in [5.41, 5.74) is 0. The molecule has 0 unspecified atom stereocenters. The maximum absolute atomic E-state index is 8.62. The van der Waals surface area contributed by atoms with Gasteiger partial charge in [0.15, 0.2) is 5.96 Å². The average Bonchev–Trinajstić information content (AvgIpc) is 3.00. The topological polar surface area (TPSA) is 88.2 Å². The van der Waals surface area contributed by atoms with Gasteiger partial charge in [-0.3, -0.25) is 4.99 Å². The molecule has 0 fully saturated rings. The van der Waals surface area contributed by atoms with Crippen LogP contribution in [0.1, 0.15) is 5.76 Å². The van der Waals surface area contributed by atoms with Gasteiger partial charge in [-0.1, -0.05) is 0 Å². The van der Waals surface area contributed by atoms with Gasteiger partial charge < -0.3 is 29.6 Å². The first kappa shape index (κ1) is 21.2. The van der Waals surface area contributed by atoms with Crippen molar-refractivity contribution in [2.24, 2.45) is 4.99 Å². The van der Waals surface area contributed by atoms with Crippen molar-refractivity contribution in [3.8, 4) is 0 Å². The Morgan fingerprint density at radius 2 is 2.09 bits per heavy atom. The first-order valence-corrected chi connectivity index (χ1v) is 7.09. The van der Waals surface area contributed by atoms with E-state index < -0.39 is 0 Å². The Labute approximate surface area is 148 Å². The SMILES string of the molecule is COCCNC(=NCCOCCO)NCCc1ccco1.I. The van der Waals surface area contributed by atoms with Crippen molar-refractivity contribution < 1.29 is 19.0 Å². The van der Waals surface area contributed by atoms with Crippen molar-refractivity contribution in [3.05, 3.63) is 24.2 Å². The zero-order chi connectivity index (χ0) is 15.2. The highest BCUT2D eigenvalue weighted by atomic mass is 127. The van der Waals surface area contributed by atoms with Crippen molar-refractivity contribution in [3.63, 3.8) is 0 Å². The van der Waals surface area contributed by atoms with Crippen LogP contribution in [0, 0.1) is 0 Å². The van der Waals surface area contributed by atoms with Crippen molar-refractivity contribution in [1.82, 2.24) is 10.6 Å². The predicted molar refractivity (Wildman–Crippen MR) is 95.9 cm³/mol. The molecule has 7 nitrogen and oxygen atoms in total. The quantitative estimate of drug-likeness (QED) is 0.208. The van der Waals surface area contributed by atoms with Crippen LogP contribution in [0.5, 0.6) is 0 Å². The van der Waals surface area contributed by atoms with E-state index in [-0.39, 0.29) is 30.6 Å². The zero-order valence-corrected chi connectivity index (χ0v) is 15.2. The molecule has 0 amide bonds. The number of aliphatic hydroxyl groups excluding tert-OH is 1. The Bertz CT molecular complexity index is 374. The maximum atomic E-state index is 8.62. The minimum Gasteiger partial charge on any atom is -0.469 e. The second-order valence-corrected chi connectivity index (χ2v) is 4.24. The highest BCUT2D eigenvalue weighted by Crippen LogP contribution is 1.99. The molecule has 0 atom stereocenters. The number of methoxy groups -OCH3 is 1. The van der Waals surface area contributed by atoms with Crippen LogP contribution < -0.4 is 10.6 Å². The molecule has 0 aromatic carbocycles. The van der Waals surface area contributed by atoms with E-state index in [1.54, 1.807) is 13.4 Å². The summed E-state index contributed by atoms with van der Waals surface area (Å²) in [5.74, 6) is 1.65. The van der Waals surface area contributed by atoms with Gasteiger partial charge in [-0.25, -0.2) is 0 Å². The Balaban J connectivity index is 0.00000441. The summed E-state index contributed by atoms with van der Waals surface area (Å²) in [6.07, 6.45) is 2.46. The fraction of sp³-hybridized carbons (Fsp3) is 0.643. The molecule has 0 saturated heterocycles. The number of nitrogens with one attached hydrogen (secondary N) is 2. The predicted octanol–water partition coefficient (Wildman–Crippen LogP) is 0.631. The van der Waals surface area contributed by atoms with Gasteiger partial charge in [-0.15, -0.1) is 24.0 Å². The fourth-order valence-electron chi connectivity index (χ4n) is 1.59. The number of ether oxygens (including phenoxy) is 2. The number of hydrogen-bond donors (Lipinski definition) is 3.